The van der Waals surface area contributed by atoms with Crippen molar-refractivity contribution in [2.45, 2.75) is 18.4 Å². The van der Waals surface area contributed by atoms with Gasteiger partial charge in [-0.2, -0.15) is 0 Å². The molecule has 21 heavy (non-hydrogen) atoms. The van der Waals surface area contributed by atoms with E-state index in [1.165, 1.54) is 18.2 Å². The van der Waals surface area contributed by atoms with Gasteiger partial charge in [-0.15, -0.1) is 0 Å². The van der Waals surface area contributed by atoms with E-state index in [2.05, 4.69) is 5.32 Å². The summed E-state index contributed by atoms with van der Waals surface area (Å²) in [5.74, 6) is 0.0791. The largest absolute Gasteiger partial charge is 0.455 e. The van der Waals surface area contributed by atoms with Crippen LogP contribution < -0.4 is 16.2 Å². The Labute approximate surface area is 122 Å². The van der Waals surface area contributed by atoms with Crippen LogP contribution in [0.3, 0.4) is 0 Å². The number of primary sulfonamides is 1. The maximum Gasteiger partial charge on any atom is 0.291 e. The van der Waals surface area contributed by atoms with Crippen LogP contribution >= 0.6 is 0 Å². The SMILES string of the molecule is Cc1c(NC(=O)c2ccc(CN)o2)cccc1S(N)(=O)=O. The quantitative estimate of drug-likeness (QED) is 0.774. The van der Waals surface area contributed by atoms with Crippen molar-refractivity contribution in [2.24, 2.45) is 10.9 Å². The van der Waals surface area contributed by atoms with Gasteiger partial charge in [-0.25, -0.2) is 13.6 Å². The highest BCUT2D eigenvalue weighted by Crippen LogP contribution is 2.22. The Bertz CT molecular complexity index is 780. The molecular weight excluding hydrogens is 294 g/mol. The van der Waals surface area contributed by atoms with E-state index in [-0.39, 0.29) is 17.2 Å². The molecule has 0 aliphatic carbocycles. The zero-order chi connectivity index (χ0) is 15.6. The van der Waals surface area contributed by atoms with Gasteiger partial charge in [0.15, 0.2) is 5.76 Å². The zero-order valence-electron chi connectivity index (χ0n) is 11.3. The first-order chi connectivity index (χ1) is 9.82. The molecule has 0 radical (unpaired) electrons. The lowest BCUT2D eigenvalue weighted by molar-refractivity contribution is 0.0995. The van der Waals surface area contributed by atoms with Gasteiger partial charge in [-0.05, 0) is 36.8 Å². The van der Waals surface area contributed by atoms with E-state index in [9.17, 15) is 13.2 Å². The number of nitrogens with two attached hydrogens (primary N) is 2. The molecule has 5 N–H and O–H groups in total. The second kappa shape index (κ2) is 5.68. The molecule has 0 aliphatic rings. The number of carbonyl (C=O) groups is 1. The van der Waals surface area contributed by atoms with E-state index in [0.717, 1.165) is 0 Å². The minimum atomic E-state index is -3.85. The molecule has 0 aliphatic heterocycles. The zero-order valence-corrected chi connectivity index (χ0v) is 12.1. The molecule has 0 unspecified atom stereocenters. The van der Waals surface area contributed by atoms with Crippen LogP contribution in [-0.2, 0) is 16.6 Å². The fraction of sp³-hybridized carbons (Fsp3) is 0.154. The number of anilines is 1. The molecule has 0 atom stereocenters. The molecule has 1 aromatic heterocycles. The average molecular weight is 309 g/mol. The van der Waals surface area contributed by atoms with Gasteiger partial charge < -0.3 is 15.5 Å². The number of rotatable bonds is 4. The Hall–Kier alpha value is -2.16. The Balaban J connectivity index is 2.30. The fourth-order valence-electron chi connectivity index (χ4n) is 1.85. The van der Waals surface area contributed by atoms with Gasteiger partial charge in [0, 0.05) is 5.69 Å². The molecule has 0 fully saturated rings. The van der Waals surface area contributed by atoms with Crippen LogP contribution in [0.4, 0.5) is 5.69 Å². The topological polar surface area (TPSA) is 128 Å². The summed E-state index contributed by atoms with van der Waals surface area (Å²) in [5, 5.41) is 7.70. The molecule has 1 heterocycles. The minimum Gasteiger partial charge on any atom is -0.455 e. The van der Waals surface area contributed by atoms with Crippen LogP contribution in [0, 0.1) is 6.92 Å². The van der Waals surface area contributed by atoms with E-state index in [0.29, 0.717) is 17.0 Å². The molecule has 2 aromatic rings. The number of hydrogen-bond acceptors (Lipinski definition) is 5. The van der Waals surface area contributed by atoms with Gasteiger partial charge in [-0.3, -0.25) is 4.79 Å². The lowest BCUT2D eigenvalue weighted by Crippen LogP contribution is -2.16. The normalized spacial score (nSPS) is 11.4. The number of sulfonamides is 1. The molecular formula is C13H15N3O4S. The third-order valence-electron chi connectivity index (χ3n) is 2.93. The van der Waals surface area contributed by atoms with E-state index in [1.807, 2.05) is 0 Å². The van der Waals surface area contributed by atoms with Crippen LogP contribution in [0.15, 0.2) is 39.6 Å². The van der Waals surface area contributed by atoms with Crippen LogP contribution in [-0.4, -0.2) is 14.3 Å². The summed E-state index contributed by atoms with van der Waals surface area (Å²) in [5.41, 5.74) is 6.11. The number of hydrogen-bond donors (Lipinski definition) is 3. The number of nitrogens with one attached hydrogen (secondary N) is 1. The highest BCUT2D eigenvalue weighted by Gasteiger charge is 2.17. The maximum absolute atomic E-state index is 12.0. The van der Waals surface area contributed by atoms with Crippen molar-refractivity contribution in [3.05, 3.63) is 47.4 Å². The lowest BCUT2D eigenvalue weighted by atomic mass is 10.2. The van der Waals surface area contributed by atoms with Crippen LogP contribution in [0.1, 0.15) is 21.9 Å². The van der Waals surface area contributed by atoms with Crippen molar-refractivity contribution in [1.82, 2.24) is 0 Å². The number of carbonyl (C=O) groups excluding carboxylic acids is 1. The summed E-state index contributed by atoms with van der Waals surface area (Å²) >= 11 is 0. The molecule has 2 rings (SSSR count). The summed E-state index contributed by atoms with van der Waals surface area (Å²) in [6, 6.07) is 7.54. The third-order valence-corrected chi connectivity index (χ3v) is 3.98. The number of benzene rings is 1. The number of amides is 1. The van der Waals surface area contributed by atoms with Crippen molar-refractivity contribution in [1.29, 1.82) is 0 Å². The Morgan fingerprint density at radius 3 is 2.57 bits per heavy atom. The van der Waals surface area contributed by atoms with Gasteiger partial charge >= 0.3 is 0 Å². The van der Waals surface area contributed by atoms with Gasteiger partial charge in [0.1, 0.15) is 5.76 Å². The Kier molecular flexibility index (Phi) is 4.12. The van der Waals surface area contributed by atoms with Crippen molar-refractivity contribution >= 4 is 21.6 Å². The average Bonchev–Trinajstić information content (AvgIpc) is 2.88. The first-order valence-electron chi connectivity index (χ1n) is 6.05. The molecule has 112 valence electrons. The van der Waals surface area contributed by atoms with Gasteiger partial charge in [0.2, 0.25) is 10.0 Å². The smallest absolute Gasteiger partial charge is 0.291 e. The van der Waals surface area contributed by atoms with E-state index < -0.39 is 15.9 Å². The lowest BCUT2D eigenvalue weighted by Gasteiger charge is -2.10. The maximum atomic E-state index is 12.0. The Morgan fingerprint density at radius 1 is 1.29 bits per heavy atom. The minimum absolute atomic E-state index is 0.0395. The van der Waals surface area contributed by atoms with Gasteiger partial charge in [-0.1, -0.05) is 6.07 Å². The monoisotopic (exact) mass is 309 g/mol. The van der Waals surface area contributed by atoms with Crippen molar-refractivity contribution in [2.75, 3.05) is 5.32 Å². The summed E-state index contributed by atoms with van der Waals surface area (Å²) in [6.07, 6.45) is 0. The Morgan fingerprint density at radius 2 is 2.00 bits per heavy atom. The molecule has 7 nitrogen and oxygen atoms in total. The molecule has 0 saturated carbocycles. The first kappa shape index (κ1) is 15.2. The molecule has 1 aromatic carbocycles. The highest BCUT2D eigenvalue weighted by molar-refractivity contribution is 7.89. The standard InChI is InChI=1S/C13H15N3O4S/c1-8-10(3-2-4-12(8)21(15,18)19)16-13(17)11-6-5-9(7-14)20-11/h2-6H,7,14H2,1H3,(H,16,17)(H2,15,18,19). The second-order valence-corrected chi connectivity index (χ2v) is 5.93. The fourth-order valence-corrected chi connectivity index (χ4v) is 2.66. The molecule has 8 heteroatoms. The summed E-state index contributed by atoms with van der Waals surface area (Å²) < 4.78 is 28.1. The van der Waals surface area contributed by atoms with Crippen molar-refractivity contribution in [3.63, 3.8) is 0 Å². The van der Waals surface area contributed by atoms with E-state index >= 15 is 0 Å². The number of furan rings is 1. The summed E-state index contributed by atoms with van der Waals surface area (Å²) in [4.78, 5) is 12.0. The van der Waals surface area contributed by atoms with E-state index in [1.54, 1.807) is 19.1 Å². The van der Waals surface area contributed by atoms with Crippen LogP contribution in [0.25, 0.3) is 0 Å². The molecule has 0 saturated heterocycles. The van der Waals surface area contributed by atoms with Crippen molar-refractivity contribution in [3.8, 4) is 0 Å². The molecule has 0 spiro atoms. The second-order valence-electron chi connectivity index (χ2n) is 4.40. The third kappa shape index (κ3) is 3.30. The van der Waals surface area contributed by atoms with Crippen molar-refractivity contribution < 1.29 is 17.6 Å². The summed E-state index contributed by atoms with van der Waals surface area (Å²) in [7, 11) is -3.85. The van der Waals surface area contributed by atoms with E-state index in [4.69, 9.17) is 15.3 Å². The molecule has 1 amide bonds. The van der Waals surface area contributed by atoms with Crippen LogP contribution in [0.2, 0.25) is 0 Å². The first-order valence-corrected chi connectivity index (χ1v) is 7.60. The van der Waals surface area contributed by atoms with Crippen LogP contribution in [0.5, 0.6) is 0 Å². The van der Waals surface area contributed by atoms with Gasteiger partial charge in [0.05, 0.1) is 11.4 Å². The molecule has 0 bridgehead atoms. The summed E-state index contributed by atoms with van der Waals surface area (Å²) in [6.45, 7) is 1.75. The van der Waals surface area contributed by atoms with Gasteiger partial charge in [0.25, 0.3) is 5.91 Å². The predicted octanol–water partition coefficient (Wildman–Crippen LogP) is 0.946. The predicted molar refractivity (Wildman–Crippen MR) is 77.1 cm³/mol. The highest BCUT2D eigenvalue weighted by atomic mass is 32.2.